The number of hydrogen-bond acceptors (Lipinski definition) is 4. The summed E-state index contributed by atoms with van der Waals surface area (Å²) in [6.45, 7) is 1.98. The minimum Gasteiger partial charge on any atom is -0.285 e. The first kappa shape index (κ1) is 10.7. The number of nitrogens with one attached hydrogen (secondary N) is 1. The van der Waals surface area contributed by atoms with E-state index in [0.717, 1.165) is 24.9 Å². The van der Waals surface area contributed by atoms with E-state index in [9.17, 15) is 4.79 Å². The Morgan fingerprint density at radius 3 is 2.53 bits per heavy atom. The van der Waals surface area contributed by atoms with Gasteiger partial charge in [-0.25, -0.2) is 15.0 Å². The fourth-order valence-corrected chi connectivity index (χ4v) is 2.95. The van der Waals surface area contributed by atoms with Crippen LogP contribution in [0.4, 0.5) is 0 Å². The largest absolute Gasteiger partial charge is 0.285 e. The molecule has 0 radical (unpaired) electrons. The van der Waals surface area contributed by atoms with Gasteiger partial charge in [-0.1, -0.05) is 6.42 Å². The van der Waals surface area contributed by atoms with Gasteiger partial charge in [0.15, 0.2) is 0 Å². The molecule has 2 aliphatic rings. The zero-order chi connectivity index (χ0) is 11.7. The highest BCUT2D eigenvalue weighted by Crippen LogP contribution is 2.36. The van der Waals surface area contributed by atoms with E-state index in [-0.39, 0.29) is 5.91 Å². The van der Waals surface area contributed by atoms with Gasteiger partial charge in [0.2, 0.25) is 0 Å². The summed E-state index contributed by atoms with van der Waals surface area (Å²) in [6.07, 6.45) is 8.48. The maximum absolute atomic E-state index is 11.9. The molecule has 5 heteroatoms. The van der Waals surface area contributed by atoms with E-state index in [2.05, 4.69) is 15.4 Å². The first-order valence-electron chi connectivity index (χ1n) is 6.14. The summed E-state index contributed by atoms with van der Waals surface area (Å²) in [7, 11) is 0. The number of carbonyl (C=O) groups is 1. The number of hydrazine groups is 1. The number of amides is 1. The lowest BCUT2D eigenvalue weighted by molar-refractivity contribution is 0.0814. The predicted molar refractivity (Wildman–Crippen MR) is 61.9 cm³/mol. The van der Waals surface area contributed by atoms with Crippen molar-refractivity contribution in [1.29, 1.82) is 0 Å². The third-order valence-corrected chi connectivity index (χ3v) is 3.81. The third kappa shape index (κ3) is 2.15. The van der Waals surface area contributed by atoms with Crippen LogP contribution in [0.2, 0.25) is 0 Å². The molecule has 0 spiro atoms. The predicted octanol–water partition coefficient (Wildman–Crippen LogP) is 0.853. The van der Waals surface area contributed by atoms with Crippen molar-refractivity contribution in [3.05, 3.63) is 24.3 Å². The van der Waals surface area contributed by atoms with Crippen LogP contribution in [-0.2, 0) is 0 Å². The summed E-state index contributed by atoms with van der Waals surface area (Å²) in [5, 5.41) is 2.05. The SMILES string of the molecule is O=C(NN1CC2CCCC2C1)c1cncnc1. The van der Waals surface area contributed by atoms with E-state index in [1.165, 1.54) is 25.6 Å². The van der Waals surface area contributed by atoms with Crippen LogP contribution in [0.5, 0.6) is 0 Å². The van der Waals surface area contributed by atoms with Crippen LogP contribution in [0.15, 0.2) is 18.7 Å². The smallest absolute Gasteiger partial charge is 0.268 e. The van der Waals surface area contributed by atoms with Crippen LogP contribution in [0.25, 0.3) is 0 Å². The second-order valence-electron chi connectivity index (χ2n) is 4.92. The molecule has 2 atom stereocenters. The normalized spacial score (nSPS) is 28.0. The highest BCUT2D eigenvalue weighted by Gasteiger charge is 2.36. The summed E-state index contributed by atoms with van der Waals surface area (Å²) in [6, 6.07) is 0. The molecule has 1 saturated heterocycles. The second-order valence-corrected chi connectivity index (χ2v) is 4.92. The van der Waals surface area contributed by atoms with Crippen LogP contribution in [0.1, 0.15) is 29.6 Å². The van der Waals surface area contributed by atoms with Crippen molar-refractivity contribution in [3.63, 3.8) is 0 Å². The van der Waals surface area contributed by atoms with Crippen LogP contribution in [0.3, 0.4) is 0 Å². The maximum atomic E-state index is 11.9. The first-order valence-corrected chi connectivity index (χ1v) is 6.14. The quantitative estimate of drug-likeness (QED) is 0.821. The van der Waals surface area contributed by atoms with Gasteiger partial charge in [0.1, 0.15) is 6.33 Å². The zero-order valence-corrected chi connectivity index (χ0v) is 9.67. The molecule has 5 nitrogen and oxygen atoms in total. The fraction of sp³-hybridized carbons (Fsp3) is 0.583. The Morgan fingerprint density at radius 2 is 1.88 bits per heavy atom. The van der Waals surface area contributed by atoms with Gasteiger partial charge < -0.3 is 0 Å². The Kier molecular flexibility index (Phi) is 2.76. The van der Waals surface area contributed by atoms with Crippen molar-refractivity contribution in [1.82, 2.24) is 20.4 Å². The molecule has 1 aromatic rings. The molecule has 1 aromatic heterocycles. The van der Waals surface area contributed by atoms with Crippen molar-refractivity contribution in [3.8, 4) is 0 Å². The average Bonchev–Trinajstić information content (AvgIpc) is 2.90. The average molecular weight is 232 g/mol. The van der Waals surface area contributed by atoms with Gasteiger partial charge in [0.05, 0.1) is 5.56 Å². The third-order valence-electron chi connectivity index (χ3n) is 3.81. The highest BCUT2D eigenvalue weighted by atomic mass is 16.2. The molecule has 1 saturated carbocycles. The summed E-state index contributed by atoms with van der Waals surface area (Å²) in [5.41, 5.74) is 3.46. The Morgan fingerprint density at radius 1 is 1.24 bits per heavy atom. The van der Waals surface area contributed by atoms with Gasteiger partial charge in [-0.05, 0) is 24.7 Å². The molecule has 3 rings (SSSR count). The van der Waals surface area contributed by atoms with Crippen molar-refractivity contribution in [2.75, 3.05) is 13.1 Å². The fourth-order valence-electron chi connectivity index (χ4n) is 2.95. The van der Waals surface area contributed by atoms with Crippen molar-refractivity contribution in [2.45, 2.75) is 19.3 Å². The van der Waals surface area contributed by atoms with Gasteiger partial charge in [0.25, 0.3) is 5.91 Å². The molecule has 2 unspecified atom stereocenters. The molecule has 0 aromatic carbocycles. The van der Waals surface area contributed by atoms with Gasteiger partial charge in [-0.3, -0.25) is 10.2 Å². The second kappa shape index (κ2) is 4.41. The summed E-state index contributed by atoms with van der Waals surface area (Å²) < 4.78 is 0. The van der Waals surface area contributed by atoms with Crippen LogP contribution in [0, 0.1) is 11.8 Å². The molecule has 1 aliphatic heterocycles. The Labute approximate surface area is 100 Å². The Balaban J connectivity index is 1.60. The molecule has 0 bridgehead atoms. The molecule has 1 N–H and O–H groups in total. The van der Waals surface area contributed by atoms with Crippen molar-refractivity contribution < 1.29 is 4.79 Å². The van der Waals surface area contributed by atoms with E-state index in [1.54, 1.807) is 12.4 Å². The molecule has 1 aliphatic carbocycles. The summed E-state index contributed by atoms with van der Waals surface area (Å²) >= 11 is 0. The number of hydrogen-bond donors (Lipinski definition) is 1. The van der Waals surface area contributed by atoms with E-state index in [1.807, 2.05) is 5.01 Å². The zero-order valence-electron chi connectivity index (χ0n) is 9.67. The van der Waals surface area contributed by atoms with E-state index in [4.69, 9.17) is 0 Å². The highest BCUT2D eigenvalue weighted by molar-refractivity contribution is 5.93. The van der Waals surface area contributed by atoms with Gasteiger partial charge >= 0.3 is 0 Å². The van der Waals surface area contributed by atoms with Crippen molar-refractivity contribution >= 4 is 5.91 Å². The molecule has 90 valence electrons. The van der Waals surface area contributed by atoms with Crippen LogP contribution in [-0.4, -0.2) is 34.0 Å². The number of fused-ring (bicyclic) bond motifs is 1. The minimum absolute atomic E-state index is 0.106. The molecule has 17 heavy (non-hydrogen) atoms. The monoisotopic (exact) mass is 232 g/mol. The molecule has 2 heterocycles. The van der Waals surface area contributed by atoms with Gasteiger partial charge in [-0.2, -0.15) is 0 Å². The molecular weight excluding hydrogens is 216 g/mol. The maximum Gasteiger partial charge on any atom is 0.268 e. The van der Waals surface area contributed by atoms with Gasteiger partial charge in [-0.15, -0.1) is 0 Å². The van der Waals surface area contributed by atoms with Crippen LogP contribution >= 0.6 is 0 Å². The van der Waals surface area contributed by atoms with E-state index in [0.29, 0.717) is 5.56 Å². The lowest BCUT2D eigenvalue weighted by Gasteiger charge is -2.17. The van der Waals surface area contributed by atoms with E-state index >= 15 is 0 Å². The lowest BCUT2D eigenvalue weighted by atomic mass is 10.0. The lowest BCUT2D eigenvalue weighted by Crippen LogP contribution is -2.41. The number of aromatic nitrogens is 2. The summed E-state index contributed by atoms with van der Waals surface area (Å²) in [4.78, 5) is 19.6. The van der Waals surface area contributed by atoms with Crippen molar-refractivity contribution in [2.24, 2.45) is 11.8 Å². The number of rotatable bonds is 2. The Hall–Kier alpha value is -1.49. The minimum atomic E-state index is -0.106. The van der Waals surface area contributed by atoms with Gasteiger partial charge in [0, 0.05) is 25.5 Å². The first-order chi connectivity index (χ1) is 8.33. The van der Waals surface area contributed by atoms with E-state index < -0.39 is 0 Å². The number of nitrogens with zero attached hydrogens (tertiary/aromatic N) is 3. The topological polar surface area (TPSA) is 58.1 Å². The standard InChI is InChI=1S/C12H16N4O/c17-12(11-4-13-8-14-5-11)15-16-6-9-2-1-3-10(9)7-16/h4-5,8-10H,1-3,6-7H2,(H,15,17). The van der Waals surface area contributed by atoms with Crippen LogP contribution < -0.4 is 5.43 Å². The number of carbonyl (C=O) groups excluding carboxylic acids is 1. The Bertz CT molecular complexity index is 396. The molecule has 2 fully saturated rings. The molecule has 1 amide bonds. The molecular formula is C12H16N4O. The summed E-state index contributed by atoms with van der Waals surface area (Å²) in [5.74, 6) is 1.45.